The predicted octanol–water partition coefficient (Wildman–Crippen LogP) is 3.84. The summed E-state index contributed by atoms with van der Waals surface area (Å²) in [7, 11) is 0. The van der Waals surface area contributed by atoms with Crippen LogP contribution in [0.1, 0.15) is 73.1 Å². The number of ether oxygens (including phenoxy) is 1. The lowest BCUT2D eigenvalue weighted by Crippen LogP contribution is -2.52. The van der Waals surface area contributed by atoms with E-state index >= 15 is 0 Å². The summed E-state index contributed by atoms with van der Waals surface area (Å²) in [4.78, 5) is 11.4. The van der Waals surface area contributed by atoms with Gasteiger partial charge in [-0.25, -0.2) is 0 Å². The van der Waals surface area contributed by atoms with E-state index in [1.54, 1.807) is 6.92 Å². The van der Waals surface area contributed by atoms with Crippen molar-refractivity contribution in [3.05, 3.63) is 0 Å². The van der Waals surface area contributed by atoms with Crippen LogP contribution >= 0.6 is 0 Å². The minimum atomic E-state index is -0.857. The molecule has 2 atom stereocenters. The van der Waals surface area contributed by atoms with Crippen LogP contribution in [0.15, 0.2) is 0 Å². The average Bonchev–Trinajstić information content (AvgIpc) is 2.40. The first-order valence-corrected chi connectivity index (χ1v) is 8.44. The fourth-order valence-corrected chi connectivity index (χ4v) is 2.55. The summed E-state index contributed by atoms with van der Waals surface area (Å²) in [5.41, 5.74) is -0.857. The highest BCUT2D eigenvalue weighted by atomic mass is 16.5. The van der Waals surface area contributed by atoms with Crippen molar-refractivity contribution in [2.45, 2.75) is 84.7 Å². The molecule has 0 saturated heterocycles. The highest BCUT2D eigenvalue weighted by molar-refractivity contribution is 5.78. The Morgan fingerprint density at radius 2 is 1.95 bits per heavy atom. The summed E-state index contributed by atoms with van der Waals surface area (Å²) in [5.74, 6) is -0.143. The number of nitrogens with one attached hydrogen (secondary N) is 1. The molecule has 0 saturated carbocycles. The molecule has 126 valence electrons. The highest BCUT2D eigenvalue weighted by Gasteiger charge is 2.32. The van der Waals surface area contributed by atoms with E-state index in [1.165, 1.54) is 19.3 Å². The topological polar surface area (TPSA) is 58.6 Å². The molecule has 0 aliphatic heterocycles. The minimum absolute atomic E-state index is 0.158. The van der Waals surface area contributed by atoms with Crippen LogP contribution in [0.3, 0.4) is 0 Å². The molecular weight excluding hydrogens is 266 g/mol. The molecule has 4 nitrogen and oxygen atoms in total. The summed E-state index contributed by atoms with van der Waals surface area (Å²) >= 11 is 0. The molecule has 0 radical (unpaired) electrons. The molecule has 0 heterocycles. The summed E-state index contributed by atoms with van der Waals surface area (Å²) in [6.07, 6.45) is 6.24. The molecule has 21 heavy (non-hydrogen) atoms. The molecule has 0 fully saturated rings. The standard InChI is InChI=1S/C17H35NO3/c1-6-8-10-15(7-2)13-21-12-9-11-17(5,16(19)20)18-14(3)4/h14-15,18H,6-13H2,1-5H3,(H,19,20). The van der Waals surface area contributed by atoms with Crippen molar-refractivity contribution < 1.29 is 14.6 Å². The zero-order valence-corrected chi connectivity index (χ0v) is 14.6. The van der Waals surface area contributed by atoms with Gasteiger partial charge in [-0.15, -0.1) is 0 Å². The lowest BCUT2D eigenvalue weighted by Gasteiger charge is -2.28. The van der Waals surface area contributed by atoms with Gasteiger partial charge in [0.15, 0.2) is 0 Å². The lowest BCUT2D eigenvalue weighted by atomic mass is 9.95. The van der Waals surface area contributed by atoms with Gasteiger partial charge in [-0.05, 0) is 46.0 Å². The first-order valence-electron chi connectivity index (χ1n) is 8.44. The first-order chi connectivity index (χ1) is 9.85. The Morgan fingerprint density at radius 3 is 2.43 bits per heavy atom. The number of rotatable bonds is 13. The molecule has 0 aromatic heterocycles. The van der Waals surface area contributed by atoms with Gasteiger partial charge in [0.25, 0.3) is 0 Å². The Kier molecular flexibility index (Phi) is 10.7. The van der Waals surface area contributed by atoms with Crippen molar-refractivity contribution >= 4 is 5.97 Å². The Hall–Kier alpha value is -0.610. The van der Waals surface area contributed by atoms with E-state index in [9.17, 15) is 9.90 Å². The number of aliphatic carboxylic acids is 1. The Morgan fingerprint density at radius 1 is 1.29 bits per heavy atom. The van der Waals surface area contributed by atoms with Crippen LogP contribution < -0.4 is 5.32 Å². The number of carboxylic acid groups (broad SMARTS) is 1. The second-order valence-corrected chi connectivity index (χ2v) is 6.53. The van der Waals surface area contributed by atoms with E-state index in [2.05, 4.69) is 19.2 Å². The van der Waals surface area contributed by atoms with Crippen LogP contribution in [0, 0.1) is 5.92 Å². The van der Waals surface area contributed by atoms with Crippen LogP contribution in [0.25, 0.3) is 0 Å². The molecule has 0 aromatic rings. The third-order valence-corrected chi connectivity index (χ3v) is 3.94. The summed E-state index contributed by atoms with van der Waals surface area (Å²) in [6, 6.07) is 0.158. The van der Waals surface area contributed by atoms with Crippen molar-refractivity contribution in [3.63, 3.8) is 0 Å². The molecule has 0 amide bonds. The quantitative estimate of drug-likeness (QED) is 0.507. The highest BCUT2D eigenvalue weighted by Crippen LogP contribution is 2.16. The maximum atomic E-state index is 11.4. The van der Waals surface area contributed by atoms with Gasteiger partial charge in [-0.1, -0.05) is 33.1 Å². The van der Waals surface area contributed by atoms with E-state index < -0.39 is 11.5 Å². The lowest BCUT2D eigenvalue weighted by molar-refractivity contribution is -0.145. The number of unbranched alkanes of at least 4 members (excludes halogenated alkanes) is 1. The summed E-state index contributed by atoms with van der Waals surface area (Å²) in [6.45, 7) is 11.6. The number of hydrogen-bond acceptors (Lipinski definition) is 3. The van der Waals surface area contributed by atoms with Crippen LogP contribution in [0.5, 0.6) is 0 Å². The van der Waals surface area contributed by atoms with Gasteiger partial charge < -0.3 is 9.84 Å². The third kappa shape index (κ3) is 9.10. The molecule has 0 aliphatic carbocycles. The van der Waals surface area contributed by atoms with Gasteiger partial charge in [-0.2, -0.15) is 0 Å². The first kappa shape index (κ1) is 20.4. The fraction of sp³-hybridized carbons (Fsp3) is 0.941. The van der Waals surface area contributed by atoms with E-state index in [0.717, 1.165) is 19.4 Å². The summed E-state index contributed by atoms with van der Waals surface area (Å²) in [5, 5.41) is 12.5. The van der Waals surface area contributed by atoms with Crippen LogP contribution in [-0.2, 0) is 9.53 Å². The monoisotopic (exact) mass is 301 g/mol. The largest absolute Gasteiger partial charge is 0.480 e. The third-order valence-electron chi connectivity index (χ3n) is 3.94. The van der Waals surface area contributed by atoms with Crippen molar-refractivity contribution in [2.24, 2.45) is 5.92 Å². The summed E-state index contributed by atoms with van der Waals surface area (Å²) < 4.78 is 5.74. The van der Waals surface area contributed by atoms with E-state index in [4.69, 9.17) is 4.74 Å². The maximum absolute atomic E-state index is 11.4. The Bertz CT molecular complexity index is 281. The van der Waals surface area contributed by atoms with E-state index in [-0.39, 0.29) is 6.04 Å². The average molecular weight is 301 g/mol. The van der Waals surface area contributed by atoms with E-state index in [0.29, 0.717) is 18.9 Å². The molecule has 0 aromatic carbocycles. The van der Waals surface area contributed by atoms with Crippen molar-refractivity contribution in [1.29, 1.82) is 0 Å². The zero-order chi connectivity index (χ0) is 16.3. The molecule has 0 rings (SSSR count). The van der Waals surface area contributed by atoms with Gasteiger partial charge in [-0.3, -0.25) is 10.1 Å². The van der Waals surface area contributed by atoms with Crippen LogP contribution in [0.2, 0.25) is 0 Å². The van der Waals surface area contributed by atoms with Crippen molar-refractivity contribution in [2.75, 3.05) is 13.2 Å². The zero-order valence-electron chi connectivity index (χ0n) is 14.6. The Labute approximate surface area is 130 Å². The van der Waals surface area contributed by atoms with Gasteiger partial charge in [0.05, 0.1) is 0 Å². The number of hydrogen-bond donors (Lipinski definition) is 2. The minimum Gasteiger partial charge on any atom is -0.480 e. The van der Waals surface area contributed by atoms with E-state index in [1.807, 2.05) is 13.8 Å². The molecule has 2 unspecified atom stereocenters. The van der Waals surface area contributed by atoms with Gasteiger partial charge in [0, 0.05) is 19.3 Å². The maximum Gasteiger partial charge on any atom is 0.323 e. The fourth-order valence-electron chi connectivity index (χ4n) is 2.55. The number of carbonyl (C=O) groups is 1. The van der Waals surface area contributed by atoms with Gasteiger partial charge in [0.2, 0.25) is 0 Å². The second kappa shape index (κ2) is 11.0. The molecule has 0 bridgehead atoms. The molecule has 0 aliphatic rings. The normalized spacial score (nSPS) is 15.9. The van der Waals surface area contributed by atoms with Crippen LogP contribution in [-0.4, -0.2) is 35.9 Å². The molecular formula is C17H35NO3. The molecule has 2 N–H and O–H groups in total. The van der Waals surface area contributed by atoms with Crippen molar-refractivity contribution in [3.8, 4) is 0 Å². The SMILES string of the molecule is CCCCC(CC)COCCCC(C)(NC(C)C)C(=O)O. The molecule has 4 heteroatoms. The number of carboxylic acids is 1. The Balaban J connectivity index is 3.97. The predicted molar refractivity (Wildman–Crippen MR) is 87.7 cm³/mol. The van der Waals surface area contributed by atoms with Crippen LogP contribution in [0.4, 0.5) is 0 Å². The van der Waals surface area contributed by atoms with Gasteiger partial charge in [0.1, 0.15) is 5.54 Å². The van der Waals surface area contributed by atoms with Gasteiger partial charge >= 0.3 is 5.97 Å². The van der Waals surface area contributed by atoms with Crippen molar-refractivity contribution in [1.82, 2.24) is 5.32 Å². The smallest absolute Gasteiger partial charge is 0.323 e. The second-order valence-electron chi connectivity index (χ2n) is 6.53. The molecule has 0 spiro atoms.